The number of nitro groups is 2. The quantitative estimate of drug-likeness (QED) is 0.586. The number of pyridine rings is 1. The van der Waals surface area contributed by atoms with Gasteiger partial charge < -0.3 is 4.74 Å². The summed E-state index contributed by atoms with van der Waals surface area (Å²) in [7, 11) is 0. The van der Waals surface area contributed by atoms with E-state index in [2.05, 4.69) is 0 Å². The SMILES string of the molecule is CC1=C(n2cc([N+](=O)[O-])cc([N+](=O)[O-])c2=O)c2cc(C#N)ccc2OC1(C)C. The lowest BCUT2D eigenvalue weighted by Gasteiger charge is -2.35. The smallest absolute Gasteiger partial charge is 0.341 e. The lowest BCUT2D eigenvalue weighted by atomic mass is 9.90. The Bertz CT molecular complexity index is 1170. The van der Waals surface area contributed by atoms with E-state index in [0.29, 0.717) is 23.0 Å². The molecule has 1 aromatic carbocycles. The van der Waals surface area contributed by atoms with Gasteiger partial charge in [-0.3, -0.25) is 29.6 Å². The van der Waals surface area contributed by atoms with E-state index < -0.39 is 32.4 Å². The second kappa shape index (κ2) is 6.31. The van der Waals surface area contributed by atoms with Crippen LogP contribution in [0.1, 0.15) is 31.9 Å². The number of fused-ring (bicyclic) bond motifs is 1. The summed E-state index contributed by atoms with van der Waals surface area (Å²) >= 11 is 0. The van der Waals surface area contributed by atoms with E-state index in [1.54, 1.807) is 26.8 Å². The molecule has 2 aromatic rings. The summed E-state index contributed by atoms with van der Waals surface area (Å²) in [5.74, 6) is 0.352. The number of ether oxygens (including phenoxy) is 1. The van der Waals surface area contributed by atoms with Gasteiger partial charge >= 0.3 is 11.2 Å². The van der Waals surface area contributed by atoms with Crippen molar-refractivity contribution in [3.63, 3.8) is 0 Å². The molecule has 0 saturated carbocycles. The first-order valence-electron chi connectivity index (χ1n) is 8.07. The van der Waals surface area contributed by atoms with Crippen LogP contribution in [0.15, 0.2) is 40.8 Å². The normalized spacial score (nSPS) is 14.6. The van der Waals surface area contributed by atoms with Gasteiger partial charge in [-0.25, -0.2) is 0 Å². The minimum absolute atomic E-state index is 0.208. The second-order valence-electron chi connectivity index (χ2n) is 6.68. The fourth-order valence-corrected chi connectivity index (χ4v) is 2.97. The Morgan fingerprint density at radius 3 is 2.43 bits per heavy atom. The van der Waals surface area contributed by atoms with Crippen LogP contribution in [0.2, 0.25) is 0 Å². The van der Waals surface area contributed by atoms with E-state index in [4.69, 9.17) is 4.74 Å². The van der Waals surface area contributed by atoms with Crippen molar-refractivity contribution in [2.75, 3.05) is 0 Å². The van der Waals surface area contributed by atoms with E-state index in [9.17, 15) is 30.3 Å². The molecule has 0 unspecified atom stereocenters. The molecule has 1 aromatic heterocycles. The van der Waals surface area contributed by atoms with Gasteiger partial charge in [0.1, 0.15) is 17.4 Å². The highest BCUT2D eigenvalue weighted by molar-refractivity contribution is 5.78. The molecule has 3 rings (SSSR count). The Morgan fingerprint density at radius 2 is 1.86 bits per heavy atom. The fourth-order valence-electron chi connectivity index (χ4n) is 2.97. The Labute approximate surface area is 158 Å². The van der Waals surface area contributed by atoms with E-state index >= 15 is 0 Å². The first-order chi connectivity index (χ1) is 13.1. The van der Waals surface area contributed by atoms with Crippen LogP contribution in [0.4, 0.5) is 11.4 Å². The maximum Gasteiger partial charge on any atom is 0.341 e. The number of hydrogen-bond donors (Lipinski definition) is 0. The van der Waals surface area contributed by atoms with Crippen molar-refractivity contribution >= 4 is 17.1 Å². The zero-order valence-corrected chi connectivity index (χ0v) is 15.1. The van der Waals surface area contributed by atoms with Crippen LogP contribution in [-0.4, -0.2) is 20.0 Å². The summed E-state index contributed by atoms with van der Waals surface area (Å²) in [6.45, 7) is 5.13. The molecule has 0 bridgehead atoms. The minimum atomic E-state index is -1.02. The predicted octanol–water partition coefficient (Wildman–Crippen LogP) is 2.99. The zero-order chi connectivity index (χ0) is 20.8. The summed E-state index contributed by atoms with van der Waals surface area (Å²) in [4.78, 5) is 33.5. The van der Waals surface area contributed by atoms with Gasteiger partial charge in [0.15, 0.2) is 0 Å². The van der Waals surface area contributed by atoms with Gasteiger partial charge in [0.2, 0.25) is 0 Å². The average Bonchev–Trinajstić information content (AvgIpc) is 2.62. The number of hydrogen-bond acceptors (Lipinski definition) is 7. The van der Waals surface area contributed by atoms with Gasteiger partial charge in [0.25, 0.3) is 5.69 Å². The van der Waals surface area contributed by atoms with Crippen molar-refractivity contribution < 1.29 is 14.6 Å². The van der Waals surface area contributed by atoms with E-state index in [1.165, 1.54) is 12.1 Å². The van der Waals surface area contributed by atoms with Crippen LogP contribution in [0, 0.1) is 31.6 Å². The second-order valence-corrected chi connectivity index (χ2v) is 6.68. The molecule has 10 nitrogen and oxygen atoms in total. The van der Waals surface area contributed by atoms with Crippen molar-refractivity contribution in [2.24, 2.45) is 0 Å². The Morgan fingerprint density at radius 1 is 1.18 bits per heavy atom. The van der Waals surface area contributed by atoms with Gasteiger partial charge in [-0.15, -0.1) is 0 Å². The predicted molar refractivity (Wildman–Crippen MR) is 97.9 cm³/mol. The molecule has 1 aliphatic rings. The molecule has 2 heterocycles. The number of rotatable bonds is 3. The van der Waals surface area contributed by atoms with Gasteiger partial charge in [-0.1, -0.05) is 0 Å². The molecule has 0 radical (unpaired) electrons. The molecule has 0 atom stereocenters. The van der Waals surface area contributed by atoms with Crippen molar-refractivity contribution in [3.05, 3.63) is 77.7 Å². The molecule has 0 fully saturated rings. The molecule has 1 aliphatic heterocycles. The molecule has 28 heavy (non-hydrogen) atoms. The van der Waals surface area contributed by atoms with Crippen LogP contribution in [0.5, 0.6) is 5.75 Å². The Balaban J connectivity index is 2.46. The molecular formula is C18H14N4O6. The van der Waals surface area contributed by atoms with Crippen molar-refractivity contribution in [2.45, 2.75) is 26.4 Å². The topological polar surface area (TPSA) is 141 Å². The largest absolute Gasteiger partial charge is 0.483 e. The van der Waals surface area contributed by atoms with Gasteiger partial charge in [0.05, 0.1) is 33.4 Å². The monoisotopic (exact) mass is 382 g/mol. The molecule has 0 N–H and O–H groups in total. The fraction of sp³-hybridized carbons (Fsp3) is 0.222. The Hall–Kier alpha value is -4.00. The number of nitriles is 1. The molecule has 142 valence electrons. The zero-order valence-electron chi connectivity index (χ0n) is 15.1. The molecule has 0 aliphatic carbocycles. The lowest BCUT2D eigenvalue weighted by molar-refractivity contribution is -0.395. The maximum absolute atomic E-state index is 12.8. The lowest BCUT2D eigenvalue weighted by Crippen LogP contribution is -2.36. The number of aromatic nitrogens is 1. The van der Waals surface area contributed by atoms with Crippen LogP contribution < -0.4 is 10.3 Å². The molecule has 0 saturated heterocycles. The number of nitrogens with zero attached hydrogens (tertiary/aromatic N) is 4. The first-order valence-corrected chi connectivity index (χ1v) is 8.07. The highest BCUT2D eigenvalue weighted by Gasteiger charge is 2.35. The highest BCUT2D eigenvalue weighted by atomic mass is 16.6. The molecular weight excluding hydrogens is 368 g/mol. The third-order valence-electron chi connectivity index (χ3n) is 4.62. The maximum atomic E-state index is 12.8. The highest BCUT2D eigenvalue weighted by Crippen LogP contribution is 2.41. The van der Waals surface area contributed by atoms with Crippen LogP contribution in [-0.2, 0) is 0 Å². The third-order valence-corrected chi connectivity index (χ3v) is 4.62. The first kappa shape index (κ1) is 18.8. The standard InChI is InChI=1S/C18H14N4O6/c1-10-16(13-6-11(8-19)4-5-15(13)28-18(10,2)3)20-9-12(21(24)25)7-14(17(20)23)22(26)27/h4-7,9H,1-3H3. The van der Waals surface area contributed by atoms with Crippen molar-refractivity contribution in [1.82, 2.24) is 4.57 Å². The van der Waals surface area contributed by atoms with E-state index in [0.717, 1.165) is 10.8 Å². The van der Waals surface area contributed by atoms with Crippen LogP contribution >= 0.6 is 0 Å². The van der Waals surface area contributed by atoms with Crippen LogP contribution in [0.3, 0.4) is 0 Å². The third kappa shape index (κ3) is 2.88. The minimum Gasteiger partial charge on any atom is -0.483 e. The summed E-state index contributed by atoms with van der Waals surface area (Å²) in [6, 6.07) is 7.17. The van der Waals surface area contributed by atoms with Gasteiger partial charge in [-0.05, 0) is 44.5 Å². The van der Waals surface area contributed by atoms with Gasteiger partial charge in [0, 0.05) is 5.56 Å². The summed E-state index contributed by atoms with van der Waals surface area (Å²) in [5, 5.41) is 31.7. The van der Waals surface area contributed by atoms with E-state index in [1.807, 2.05) is 6.07 Å². The van der Waals surface area contributed by atoms with Crippen molar-refractivity contribution in [1.29, 1.82) is 5.26 Å². The molecule has 0 amide bonds. The average molecular weight is 382 g/mol. The summed E-state index contributed by atoms with van der Waals surface area (Å²) < 4.78 is 6.81. The van der Waals surface area contributed by atoms with Crippen molar-refractivity contribution in [3.8, 4) is 11.8 Å². The molecule has 10 heteroatoms. The number of benzene rings is 1. The Kier molecular flexibility index (Phi) is 4.23. The van der Waals surface area contributed by atoms with E-state index in [-0.39, 0.29) is 11.3 Å². The summed E-state index contributed by atoms with van der Waals surface area (Å²) in [5.41, 5.74) is -2.09. The summed E-state index contributed by atoms with van der Waals surface area (Å²) in [6.07, 6.45) is 0.943. The molecule has 0 spiro atoms. The van der Waals surface area contributed by atoms with Gasteiger partial charge in [-0.2, -0.15) is 5.26 Å². The van der Waals surface area contributed by atoms with Crippen LogP contribution in [0.25, 0.3) is 5.70 Å².